The Morgan fingerprint density at radius 2 is 1.80 bits per heavy atom. The highest BCUT2D eigenvalue weighted by atomic mass is 35.5. The number of carbonyl (C=O) groups is 3. The monoisotopic (exact) mass is 421 g/mol. The summed E-state index contributed by atoms with van der Waals surface area (Å²) in [7, 11) is 0. The number of anilines is 3. The van der Waals surface area contributed by atoms with Gasteiger partial charge < -0.3 is 15.5 Å². The number of rotatable bonds is 4. The number of halogens is 1. The van der Waals surface area contributed by atoms with Crippen LogP contribution in [0.1, 0.15) is 13.3 Å². The Bertz CT molecular complexity index is 1160. The normalized spacial score (nSPS) is 16.0. The first kappa shape index (κ1) is 19.9. The fourth-order valence-electron chi connectivity index (χ4n) is 3.69. The molecular formula is C23H20ClN3O3. The van der Waals surface area contributed by atoms with Gasteiger partial charge in [0, 0.05) is 31.0 Å². The van der Waals surface area contributed by atoms with Crippen LogP contribution in [0.25, 0.3) is 10.8 Å². The van der Waals surface area contributed by atoms with Crippen molar-refractivity contribution in [2.24, 2.45) is 5.92 Å². The van der Waals surface area contributed by atoms with Crippen molar-refractivity contribution < 1.29 is 14.4 Å². The highest BCUT2D eigenvalue weighted by molar-refractivity contribution is 6.34. The summed E-state index contributed by atoms with van der Waals surface area (Å²) in [6.45, 7) is 1.71. The van der Waals surface area contributed by atoms with E-state index in [1.54, 1.807) is 23.1 Å². The Hall–Kier alpha value is -3.38. The second-order valence-electron chi connectivity index (χ2n) is 7.27. The van der Waals surface area contributed by atoms with Gasteiger partial charge in [-0.1, -0.05) is 48.0 Å². The minimum atomic E-state index is -0.467. The molecule has 0 bridgehead atoms. The first-order chi connectivity index (χ1) is 14.4. The highest BCUT2D eigenvalue weighted by Gasteiger charge is 2.35. The van der Waals surface area contributed by atoms with Crippen LogP contribution in [0.2, 0.25) is 5.02 Å². The summed E-state index contributed by atoms with van der Waals surface area (Å²) in [5, 5.41) is 7.79. The molecule has 1 saturated heterocycles. The maximum Gasteiger partial charge on any atom is 0.229 e. The number of nitrogens with zero attached hydrogens (tertiary/aromatic N) is 1. The average molecular weight is 422 g/mol. The Kier molecular flexibility index (Phi) is 5.42. The molecule has 0 aliphatic carbocycles. The lowest BCUT2D eigenvalue weighted by Gasteiger charge is -2.19. The van der Waals surface area contributed by atoms with Crippen molar-refractivity contribution in [1.82, 2.24) is 0 Å². The Morgan fingerprint density at radius 3 is 2.57 bits per heavy atom. The molecule has 3 aromatic carbocycles. The largest absolute Gasteiger partial charge is 0.326 e. The molecule has 1 heterocycles. The minimum Gasteiger partial charge on any atom is -0.326 e. The van der Waals surface area contributed by atoms with Gasteiger partial charge in [0.15, 0.2) is 0 Å². The van der Waals surface area contributed by atoms with Gasteiger partial charge in [0.25, 0.3) is 0 Å². The van der Waals surface area contributed by atoms with Crippen molar-refractivity contribution in [3.8, 4) is 0 Å². The van der Waals surface area contributed by atoms with E-state index < -0.39 is 5.92 Å². The van der Waals surface area contributed by atoms with Gasteiger partial charge in [-0.2, -0.15) is 0 Å². The third-order valence-electron chi connectivity index (χ3n) is 5.10. The smallest absolute Gasteiger partial charge is 0.229 e. The quantitative estimate of drug-likeness (QED) is 0.653. The number of carbonyl (C=O) groups excluding carboxylic acids is 3. The summed E-state index contributed by atoms with van der Waals surface area (Å²) in [5.41, 5.74) is 1.80. The van der Waals surface area contributed by atoms with E-state index in [9.17, 15) is 14.4 Å². The molecule has 3 amide bonds. The van der Waals surface area contributed by atoms with E-state index in [1.165, 1.54) is 6.92 Å². The second kappa shape index (κ2) is 8.16. The topological polar surface area (TPSA) is 78.5 Å². The van der Waals surface area contributed by atoms with Crippen LogP contribution in [-0.4, -0.2) is 24.3 Å². The molecule has 1 aliphatic heterocycles. The molecule has 0 radical (unpaired) electrons. The van der Waals surface area contributed by atoms with Gasteiger partial charge >= 0.3 is 0 Å². The molecule has 7 heteroatoms. The maximum atomic E-state index is 12.8. The van der Waals surface area contributed by atoms with Crippen LogP contribution in [0.15, 0.2) is 60.7 Å². The standard InChI is InChI=1S/C23H20ClN3O3/c1-14(28)25-20-10-9-17(12-19(20)24)26-23(30)16-11-22(29)27(13-16)21-8-4-6-15-5-2-3-7-18(15)21/h2-10,12,16H,11,13H2,1H3,(H,25,28)(H,26,30). The van der Waals surface area contributed by atoms with Gasteiger partial charge in [-0.05, 0) is 29.7 Å². The van der Waals surface area contributed by atoms with Crippen molar-refractivity contribution in [2.45, 2.75) is 13.3 Å². The summed E-state index contributed by atoms with van der Waals surface area (Å²) >= 11 is 6.17. The van der Waals surface area contributed by atoms with Crippen molar-refractivity contribution in [3.63, 3.8) is 0 Å². The lowest BCUT2D eigenvalue weighted by molar-refractivity contribution is -0.122. The molecule has 0 spiro atoms. The molecular weight excluding hydrogens is 402 g/mol. The fraction of sp³-hybridized carbons (Fsp3) is 0.174. The van der Waals surface area contributed by atoms with Crippen molar-refractivity contribution in [1.29, 1.82) is 0 Å². The molecule has 30 heavy (non-hydrogen) atoms. The molecule has 1 fully saturated rings. The Labute approximate surface area is 178 Å². The van der Waals surface area contributed by atoms with Crippen LogP contribution in [-0.2, 0) is 14.4 Å². The molecule has 1 unspecified atom stereocenters. The van der Waals surface area contributed by atoms with E-state index in [2.05, 4.69) is 10.6 Å². The van der Waals surface area contributed by atoms with E-state index in [0.29, 0.717) is 22.9 Å². The number of amides is 3. The third kappa shape index (κ3) is 4.00. The predicted molar refractivity (Wildman–Crippen MR) is 119 cm³/mol. The van der Waals surface area contributed by atoms with E-state index in [1.807, 2.05) is 42.5 Å². The number of hydrogen-bond donors (Lipinski definition) is 2. The van der Waals surface area contributed by atoms with Gasteiger partial charge in [-0.25, -0.2) is 0 Å². The van der Waals surface area contributed by atoms with Crippen LogP contribution < -0.4 is 15.5 Å². The minimum absolute atomic E-state index is 0.0782. The average Bonchev–Trinajstić information content (AvgIpc) is 3.11. The van der Waals surface area contributed by atoms with Crippen LogP contribution in [0, 0.1) is 5.92 Å². The molecule has 0 aromatic heterocycles. The van der Waals surface area contributed by atoms with Gasteiger partial charge in [-0.15, -0.1) is 0 Å². The summed E-state index contributed by atoms with van der Waals surface area (Å²) < 4.78 is 0. The number of benzene rings is 3. The summed E-state index contributed by atoms with van der Waals surface area (Å²) in [6.07, 6.45) is 0.146. The molecule has 6 nitrogen and oxygen atoms in total. The predicted octanol–water partition coefficient (Wildman–Crippen LogP) is 4.44. The molecule has 1 atom stereocenters. The number of hydrogen-bond acceptors (Lipinski definition) is 3. The summed E-state index contributed by atoms with van der Waals surface area (Å²) in [5.74, 6) is -1.02. The van der Waals surface area contributed by atoms with Crippen LogP contribution in [0.5, 0.6) is 0 Å². The van der Waals surface area contributed by atoms with E-state index in [4.69, 9.17) is 11.6 Å². The first-order valence-corrected chi connectivity index (χ1v) is 9.96. The molecule has 0 saturated carbocycles. The van der Waals surface area contributed by atoms with E-state index in [-0.39, 0.29) is 24.1 Å². The third-order valence-corrected chi connectivity index (χ3v) is 5.41. The Morgan fingerprint density at radius 1 is 1.03 bits per heavy atom. The van der Waals surface area contributed by atoms with E-state index >= 15 is 0 Å². The van der Waals surface area contributed by atoms with Crippen LogP contribution in [0.3, 0.4) is 0 Å². The van der Waals surface area contributed by atoms with E-state index in [0.717, 1.165) is 16.5 Å². The van der Waals surface area contributed by atoms with Crippen molar-refractivity contribution >= 4 is 57.2 Å². The fourth-order valence-corrected chi connectivity index (χ4v) is 3.92. The van der Waals surface area contributed by atoms with Crippen LogP contribution >= 0.6 is 11.6 Å². The molecule has 1 aliphatic rings. The number of nitrogens with one attached hydrogen (secondary N) is 2. The SMILES string of the molecule is CC(=O)Nc1ccc(NC(=O)C2CC(=O)N(c3cccc4ccccc34)C2)cc1Cl. The first-order valence-electron chi connectivity index (χ1n) is 9.58. The number of fused-ring (bicyclic) bond motifs is 1. The summed E-state index contributed by atoms with van der Waals surface area (Å²) in [4.78, 5) is 38.3. The zero-order valence-corrected chi connectivity index (χ0v) is 17.1. The molecule has 4 rings (SSSR count). The second-order valence-corrected chi connectivity index (χ2v) is 7.68. The van der Waals surface area contributed by atoms with Gasteiger partial charge in [0.1, 0.15) is 0 Å². The maximum absolute atomic E-state index is 12.8. The zero-order valence-electron chi connectivity index (χ0n) is 16.3. The summed E-state index contributed by atoms with van der Waals surface area (Å²) in [6, 6.07) is 18.5. The molecule has 3 aromatic rings. The van der Waals surface area contributed by atoms with Gasteiger partial charge in [0.05, 0.1) is 22.3 Å². The van der Waals surface area contributed by atoms with Crippen molar-refractivity contribution in [2.75, 3.05) is 22.1 Å². The zero-order chi connectivity index (χ0) is 21.3. The van der Waals surface area contributed by atoms with Gasteiger partial charge in [0.2, 0.25) is 17.7 Å². The highest BCUT2D eigenvalue weighted by Crippen LogP contribution is 2.32. The Balaban J connectivity index is 1.49. The van der Waals surface area contributed by atoms with Crippen molar-refractivity contribution in [3.05, 3.63) is 65.7 Å². The molecule has 2 N–H and O–H groups in total. The van der Waals surface area contributed by atoms with Crippen LogP contribution in [0.4, 0.5) is 17.1 Å². The lowest BCUT2D eigenvalue weighted by Crippen LogP contribution is -2.28. The molecule has 152 valence electrons. The lowest BCUT2D eigenvalue weighted by atomic mass is 10.1. The van der Waals surface area contributed by atoms with Gasteiger partial charge in [-0.3, -0.25) is 14.4 Å².